The molecule has 0 radical (unpaired) electrons. The highest BCUT2D eigenvalue weighted by atomic mass is 35.5. The van der Waals surface area contributed by atoms with E-state index >= 15 is 0 Å². The van der Waals surface area contributed by atoms with Crippen LogP contribution in [-0.2, 0) is 7.05 Å². The summed E-state index contributed by atoms with van der Waals surface area (Å²) in [6.45, 7) is 3.47. The molecule has 0 spiro atoms. The van der Waals surface area contributed by atoms with Gasteiger partial charge in [-0.1, -0.05) is 11.6 Å². The van der Waals surface area contributed by atoms with Crippen molar-refractivity contribution in [3.05, 3.63) is 59.8 Å². The van der Waals surface area contributed by atoms with E-state index in [1.165, 1.54) is 4.90 Å². The zero-order valence-electron chi connectivity index (χ0n) is 19.3. The third kappa shape index (κ3) is 6.43. The molecule has 0 unspecified atom stereocenters. The Morgan fingerprint density at radius 2 is 1.71 bits per heavy atom. The molecule has 10 nitrogen and oxygen atoms in total. The number of urea groups is 1. The molecule has 1 aliphatic heterocycles. The number of amides is 3. The molecule has 0 saturated carbocycles. The zero-order chi connectivity index (χ0) is 24.8. The molecule has 2 aromatic carbocycles. The molecular weight excluding hydrogens is 472 g/mol. The lowest BCUT2D eigenvalue weighted by Gasteiger charge is -2.32. The normalized spacial score (nSPS) is 13.9. The maximum Gasteiger partial charge on any atom is 0.407 e. The number of ether oxygens (including phenoxy) is 1. The number of piperazine rings is 1. The Morgan fingerprint density at radius 1 is 1.03 bits per heavy atom. The number of benzene rings is 2. The largest absolute Gasteiger partial charge is 0.492 e. The van der Waals surface area contributed by atoms with Gasteiger partial charge in [0.1, 0.15) is 12.4 Å². The molecule has 35 heavy (non-hydrogen) atoms. The number of carboxylic acid groups (broad SMARTS) is 1. The summed E-state index contributed by atoms with van der Waals surface area (Å²) >= 11 is 5.90. The number of halogens is 1. The first-order chi connectivity index (χ1) is 16.9. The second-order valence-electron chi connectivity index (χ2n) is 8.10. The van der Waals surface area contributed by atoms with Crippen molar-refractivity contribution in [2.75, 3.05) is 50.0 Å². The topological polar surface area (TPSA) is 112 Å². The molecule has 2 heterocycles. The number of hydrogen-bond acceptors (Lipinski definition) is 5. The molecule has 0 aliphatic carbocycles. The summed E-state index contributed by atoms with van der Waals surface area (Å²) < 4.78 is 7.85. The second-order valence-corrected chi connectivity index (χ2v) is 8.53. The number of anilines is 2. The number of carbonyl (C=O) groups is 2. The van der Waals surface area contributed by atoms with Crippen LogP contribution in [0.15, 0.2) is 54.7 Å². The number of rotatable bonds is 7. The molecule has 3 N–H and O–H groups in total. The summed E-state index contributed by atoms with van der Waals surface area (Å²) in [4.78, 5) is 27.2. The highest BCUT2D eigenvalue weighted by molar-refractivity contribution is 6.30. The van der Waals surface area contributed by atoms with E-state index in [4.69, 9.17) is 21.4 Å². The molecule has 3 amide bonds. The van der Waals surface area contributed by atoms with E-state index < -0.39 is 6.09 Å². The minimum atomic E-state index is -0.878. The Bertz CT molecular complexity index is 1180. The molecular formula is C24H27ClN6O4. The summed E-state index contributed by atoms with van der Waals surface area (Å²) in [7, 11) is 1.84. The maximum absolute atomic E-state index is 12.5. The van der Waals surface area contributed by atoms with E-state index in [2.05, 4.69) is 20.6 Å². The van der Waals surface area contributed by atoms with Gasteiger partial charge in [-0.25, -0.2) is 9.59 Å². The molecule has 1 fully saturated rings. The van der Waals surface area contributed by atoms with Crippen molar-refractivity contribution >= 4 is 35.1 Å². The van der Waals surface area contributed by atoms with E-state index in [-0.39, 0.29) is 6.03 Å². The van der Waals surface area contributed by atoms with Gasteiger partial charge in [-0.05, 0) is 48.5 Å². The van der Waals surface area contributed by atoms with E-state index in [0.29, 0.717) is 61.5 Å². The second kappa shape index (κ2) is 11.1. The Balaban J connectivity index is 1.41. The highest BCUT2D eigenvalue weighted by Crippen LogP contribution is 2.32. The predicted molar refractivity (Wildman–Crippen MR) is 134 cm³/mol. The lowest BCUT2D eigenvalue weighted by molar-refractivity contribution is 0.0985. The van der Waals surface area contributed by atoms with Crippen molar-refractivity contribution in [3.63, 3.8) is 0 Å². The lowest BCUT2D eigenvalue weighted by Crippen LogP contribution is -2.49. The molecule has 0 atom stereocenters. The van der Waals surface area contributed by atoms with Crippen molar-refractivity contribution in [2.24, 2.45) is 7.05 Å². The molecule has 3 aromatic rings. The van der Waals surface area contributed by atoms with Crippen LogP contribution in [0, 0.1) is 0 Å². The minimum absolute atomic E-state index is 0.377. The molecule has 184 valence electrons. The first-order valence-corrected chi connectivity index (χ1v) is 11.6. The fourth-order valence-electron chi connectivity index (χ4n) is 3.85. The summed E-state index contributed by atoms with van der Waals surface area (Å²) in [6, 6.07) is 13.8. The Kier molecular flexibility index (Phi) is 7.74. The number of hydrogen-bond donors (Lipinski definition) is 3. The zero-order valence-corrected chi connectivity index (χ0v) is 20.0. The third-order valence-corrected chi connectivity index (χ3v) is 6.00. The lowest BCUT2D eigenvalue weighted by atomic mass is 10.1. The average Bonchev–Trinajstić information content (AvgIpc) is 3.27. The van der Waals surface area contributed by atoms with Gasteiger partial charge in [0.05, 0.1) is 5.69 Å². The number of aromatic nitrogens is 2. The first-order valence-electron chi connectivity index (χ1n) is 11.2. The Labute approximate surface area is 208 Å². The molecule has 4 rings (SSSR count). The average molecular weight is 499 g/mol. The van der Waals surface area contributed by atoms with Gasteiger partial charge < -0.3 is 25.4 Å². The van der Waals surface area contributed by atoms with Crippen molar-refractivity contribution in [1.82, 2.24) is 19.6 Å². The van der Waals surface area contributed by atoms with Gasteiger partial charge in [0.2, 0.25) is 0 Å². The molecule has 11 heteroatoms. The molecule has 1 aliphatic rings. The summed E-state index contributed by atoms with van der Waals surface area (Å²) in [6.07, 6.45) is 0.825. The molecule has 1 aromatic heterocycles. The monoisotopic (exact) mass is 498 g/mol. The van der Waals surface area contributed by atoms with Crippen LogP contribution in [0.1, 0.15) is 0 Å². The van der Waals surface area contributed by atoms with Crippen LogP contribution in [0.25, 0.3) is 11.3 Å². The minimum Gasteiger partial charge on any atom is -0.492 e. The highest BCUT2D eigenvalue weighted by Gasteiger charge is 2.20. The van der Waals surface area contributed by atoms with Gasteiger partial charge in [0, 0.05) is 67.9 Å². The van der Waals surface area contributed by atoms with Crippen molar-refractivity contribution in [3.8, 4) is 17.0 Å². The third-order valence-electron chi connectivity index (χ3n) is 5.74. The number of aryl methyl sites for hydroxylation is 1. The number of nitrogens with zero attached hydrogens (tertiary/aromatic N) is 4. The van der Waals surface area contributed by atoms with Gasteiger partial charge >= 0.3 is 12.1 Å². The van der Waals surface area contributed by atoms with Gasteiger partial charge in [-0.2, -0.15) is 5.10 Å². The fraction of sp³-hybridized carbons (Fsp3) is 0.292. The van der Waals surface area contributed by atoms with Crippen LogP contribution in [0.2, 0.25) is 5.02 Å². The number of nitrogens with one attached hydrogen (secondary N) is 2. The van der Waals surface area contributed by atoms with Crippen LogP contribution >= 0.6 is 11.6 Å². The fourth-order valence-corrected chi connectivity index (χ4v) is 3.97. The summed E-state index contributed by atoms with van der Waals surface area (Å²) in [5.41, 5.74) is 2.87. The Hall–Kier alpha value is -3.76. The van der Waals surface area contributed by atoms with E-state index in [0.717, 1.165) is 11.3 Å². The van der Waals surface area contributed by atoms with Crippen LogP contribution in [0.3, 0.4) is 0 Å². The SMILES string of the molecule is Cn1nccc1-c1cc(NC(=O)Nc2ccc(Cl)cc2)ccc1OCCN1CCN(C(=O)O)CC1. The Morgan fingerprint density at radius 3 is 2.37 bits per heavy atom. The van der Waals surface area contributed by atoms with Crippen LogP contribution in [-0.4, -0.2) is 76.1 Å². The van der Waals surface area contributed by atoms with Crippen LogP contribution in [0.5, 0.6) is 5.75 Å². The summed E-state index contributed by atoms with van der Waals surface area (Å²) in [5.74, 6) is 0.668. The van der Waals surface area contributed by atoms with Gasteiger partial charge in [-0.15, -0.1) is 0 Å². The quantitative estimate of drug-likeness (QED) is 0.453. The van der Waals surface area contributed by atoms with Crippen molar-refractivity contribution in [2.45, 2.75) is 0 Å². The van der Waals surface area contributed by atoms with Gasteiger partial charge in [0.15, 0.2) is 0 Å². The molecule has 0 bridgehead atoms. The van der Waals surface area contributed by atoms with Crippen molar-refractivity contribution in [1.29, 1.82) is 0 Å². The van der Waals surface area contributed by atoms with Crippen LogP contribution in [0.4, 0.5) is 21.0 Å². The summed E-state index contributed by atoms with van der Waals surface area (Å²) in [5, 5.41) is 19.6. The van der Waals surface area contributed by atoms with Gasteiger partial charge in [0.25, 0.3) is 0 Å². The number of carbonyl (C=O) groups excluding carboxylic acids is 1. The molecule has 1 saturated heterocycles. The van der Waals surface area contributed by atoms with E-state index in [9.17, 15) is 9.59 Å². The van der Waals surface area contributed by atoms with Crippen molar-refractivity contribution < 1.29 is 19.4 Å². The van der Waals surface area contributed by atoms with E-state index in [1.807, 2.05) is 25.2 Å². The standard InChI is InChI=1S/C24H27ClN6O4/c1-29-21(8-9-26-29)20-16-19(28-23(32)27-18-4-2-17(25)3-5-18)6-7-22(20)35-15-14-30-10-12-31(13-11-30)24(33)34/h2-9,16H,10-15H2,1H3,(H,33,34)(H2,27,28,32). The van der Waals surface area contributed by atoms with Gasteiger partial charge in [-0.3, -0.25) is 9.58 Å². The van der Waals surface area contributed by atoms with Crippen LogP contribution < -0.4 is 15.4 Å². The predicted octanol–water partition coefficient (Wildman–Crippen LogP) is 4.06. The smallest absolute Gasteiger partial charge is 0.407 e. The van der Waals surface area contributed by atoms with E-state index in [1.54, 1.807) is 41.2 Å². The maximum atomic E-state index is 12.5. The first kappa shape index (κ1) is 24.4.